The Kier molecular flexibility index (Phi) is 3.90. The minimum atomic E-state index is -0.441. The van der Waals surface area contributed by atoms with Crippen LogP contribution in [0.15, 0.2) is 103 Å². The van der Waals surface area contributed by atoms with Crippen LogP contribution in [0.25, 0.3) is 44.1 Å². The molecule has 0 atom stereocenters. The summed E-state index contributed by atoms with van der Waals surface area (Å²) in [5, 5.41) is 3.66. The molecule has 8 rings (SSSR count). The molecule has 2 aliphatic carbocycles. The normalized spacial score (nSPS) is 14.6. The van der Waals surface area contributed by atoms with Crippen LogP contribution in [0.1, 0.15) is 48.6 Å². The van der Waals surface area contributed by atoms with Gasteiger partial charge in [-0.1, -0.05) is 99.6 Å². The van der Waals surface area contributed by atoms with Gasteiger partial charge in [-0.25, -0.2) is 9.97 Å². The van der Waals surface area contributed by atoms with E-state index in [-0.39, 0.29) is 5.41 Å². The summed E-state index contributed by atoms with van der Waals surface area (Å²) in [6, 6.07) is 36.1. The molecule has 37 heavy (non-hydrogen) atoms. The number of aromatic nitrogens is 2. The van der Waals surface area contributed by atoms with Crippen molar-refractivity contribution in [3.63, 3.8) is 0 Å². The first-order valence-corrected chi connectivity index (χ1v) is 13.0. The van der Waals surface area contributed by atoms with E-state index in [0.29, 0.717) is 0 Å². The molecule has 1 aromatic heterocycles. The summed E-state index contributed by atoms with van der Waals surface area (Å²) in [4.78, 5) is 9.78. The summed E-state index contributed by atoms with van der Waals surface area (Å²) in [6.45, 7) is 6.86. The maximum absolute atomic E-state index is 4.93. The summed E-state index contributed by atoms with van der Waals surface area (Å²) < 4.78 is 0. The highest BCUT2D eigenvalue weighted by molar-refractivity contribution is 6.06. The third kappa shape index (κ3) is 2.55. The number of rotatable bonds is 0. The van der Waals surface area contributed by atoms with Gasteiger partial charge in [0.1, 0.15) is 6.33 Å². The van der Waals surface area contributed by atoms with E-state index in [2.05, 4.69) is 118 Å². The van der Waals surface area contributed by atoms with E-state index in [4.69, 9.17) is 9.97 Å². The SMILES string of the molecule is CC(C)(C)c1cc2c3c(ncnc3c1)-c1cc3ccccc3cc1C21c2ccccc2-c2ccccc21. The molecule has 1 heterocycles. The molecule has 0 fully saturated rings. The molecule has 0 N–H and O–H groups in total. The van der Waals surface area contributed by atoms with Crippen LogP contribution in [-0.4, -0.2) is 9.97 Å². The largest absolute Gasteiger partial charge is 0.236 e. The lowest BCUT2D eigenvalue weighted by atomic mass is 9.61. The van der Waals surface area contributed by atoms with Crippen molar-refractivity contribution >= 4 is 21.7 Å². The van der Waals surface area contributed by atoms with Gasteiger partial charge in [-0.2, -0.15) is 0 Å². The van der Waals surface area contributed by atoms with Gasteiger partial charge in [0.05, 0.1) is 16.6 Å². The van der Waals surface area contributed by atoms with Crippen LogP contribution in [0.3, 0.4) is 0 Å². The molecule has 1 spiro atoms. The lowest BCUT2D eigenvalue weighted by molar-refractivity contribution is 0.588. The van der Waals surface area contributed by atoms with Crippen molar-refractivity contribution in [1.82, 2.24) is 9.97 Å². The van der Waals surface area contributed by atoms with Gasteiger partial charge >= 0.3 is 0 Å². The predicted molar refractivity (Wildman–Crippen MR) is 152 cm³/mol. The van der Waals surface area contributed by atoms with Gasteiger partial charge in [0.25, 0.3) is 0 Å². The summed E-state index contributed by atoms with van der Waals surface area (Å²) in [6.07, 6.45) is 1.74. The van der Waals surface area contributed by atoms with Gasteiger partial charge in [-0.05, 0) is 73.3 Å². The smallest absolute Gasteiger partial charge is 0.116 e. The average molecular weight is 475 g/mol. The van der Waals surface area contributed by atoms with Gasteiger partial charge in [0.2, 0.25) is 0 Å². The van der Waals surface area contributed by atoms with Gasteiger partial charge in [0, 0.05) is 10.9 Å². The van der Waals surface area contributed by atoms with Crippen LogP contribution in [0.2, 0.25) is 0 Å². The molecule has 2 heteroatoms. The van der Waals surface area contributed by atoms with Gasteiger partial charge in [0.15, 0.2) is 0 Å². The lowest BCUT2D eigenvalue weighted by Crippen LogP contribution is -2.33. The molecular weight excluding hydrogens is 448 g/mol. The van der Waals surface area contributed by atoms with Crippen molar-refractivity contribution in [2.75, 3.05) is 0 Å². The predicted octanol–water partition coefficient (Wildman–Crippen LogP) is 8.42. The zero-order valence-electron chi connectivity index (χ0n) is 21.2. The molecule has 0 bridgehead atoms. The van der Waals surface area contributed by atoms with E-state index in [1.54, 1.807) is 6.33 Å². The summed E-state index contributed by atoms with van der Waals surface area (Å²) in [5.41, 5.74) is 12.0. The standard InChI is InChI=1S/C35H26N2/c1-34(2,3)23-18-30-32-31(19-23)36-20-37-33(32)26-16-21-10-4-5-11-22(21)17-29(26)35(30)27-14-8-6-12-24(27)25-13-7-9-15-28(25)35/h4-20H,1-3H3. The molecule has 0 amide bonds. The lowest BCUT2D eigenvalue weighted by Gasteiger charge is -2.40. The average Bonchev–Trinajstić information content (AvgIpc) is 3.21. The second-order valence-electron chi connectivity index (χ2n) is 11.5. The Morgan fingerprint density at radius 2 is 1.19 bits per heavy atom. The molecule has 2 aliphatic rings. The van der Waals surface area contributed by atoms with Crippen molar-refractivity contribution in [2.45, 2.75) is 31.6 Å². The fourth-order valence-corrected chi connectivity index (χ4v) is 6.83. The molecule has 0 unspecified atom stereocenters. The first-order chi connectivity index (χ1) is 18.0. The minimum Gasteiger partial charge on any atom is -0.236 e. The molecule has 5 aromatic carbocycles. The maximum Gasteiger partial charge on any atom is 0.116 e. The molecule has 6 aromatic rings. The van der Waals surface area contributed by atoms with E-state index >= 15 is 0 Å². The highest BCUT2D eigenvalue weighted by atomic mass is 14.8. The number of fused-ring (bicyclic) bond motifs is 10. The van der Waals surface area contributed by atoms with E-state index in [1.165, 1.54) is 60.7 Å². The first kappa shape index (κ1) is 20.8. The van der Waals surface area contributed by atoms with E-state index in [1.807, 2.05) is 0 Å². The number of hydrogen-bond donors (Lipinski definition) is 0. The Morgan fingerprint density at radius 1 is 0.568 bits per heavy atom. The van der Waals surface area contributed by atoms with Crippen LogP contribution in [0.5, 0.6) is 0 Å². The Labute approximate surface area is 216 Å². The highest BCUT2D eigenvalue weighted by Crippen LogP contribution is 2.62. The molecule has 0 saturated carbocycles. The van der Waals surface area contributed by atoms with Crippen molar-refractivity contribution in [2.24, 2.45) is 0 Å². The van der Waals surface area contributed by atoms with Gasteiger partial charge < -0.3 is 0 Å². The number of hydrogen-bond acceptors (Lipinski definition) is 2. The Bertz CT molecular complexity index is 1880. The topological polar surface area (TPSA) is 25.8 Å². The van der Waals surface area contributed by atoms with Crippen molar-refractivity contribution in [1.29, 1.82) is 0 Å². The van der Waals surface area contributed by atoms with Gasteiger partial charge in [-0.3, -0.25) is 0 Å². The van der Waals surface area contributed by atoms with Crippen LogP contribution < -0.4 is 0 Å². The van der Waals surface area contributed by atoms with E-state index in [0.717, 1.165) is 11.2 Å². The Balaban J connectivity index is 1.67. The summed E-state index contributed by atoms with van der Waals surface area (Å²) >= 11 is 0. The van der Waals surface area contributed by atoms with Crippen molar-refractivity contribution in [3.05, 3.63) is 131 Å². The van der Waals surface area contributed by atoms with Crippen molar-refractivity contribution in [3.8, 4) is 22.4 Å². The Hall–Kier alpha value is -4.30. The monoisotopic (exact) mass is 474 g/mol. The zero-order valence-corrected chi connectivity index (χ0v) is 21.2. The molecule has 0 radical (unpaired) electrons. The van der Waals surface area contributed by atoms with E-state index < -0.39 is 5.41 Å². The molecule has 2 nitrogen and oxygen atoms in total. The quantitative estimate of drug-likeness (QED) is 0.220. The molecule has 176 valence electrons. The van der Waals surface area contributed by atoms with Crippen LogP contribution in [-0.2, 0) is 10.8 Å². The summed E-state index contributed by atoms with van der Waals surface area (Å²) in [5.74, 6) is 0. The fourth-order valence-electron chi connectivity index (χ4n) is 6.83. The second-order valence-corrected chi connectivity index (χ2v) is 11.5. The summed E-state index contributed by atoms with van der Waals surface area (Å²) in [7, 11) is 0. The maximum atomic E-state index is 4.93. The molecule has 0 saturated heterocycles. The van der Waals surface area contributed by atoms with Crippen LogP contribution >= 0.6 is 0 Å². The molecular formula is C35H26N2. The minimum absolute atomic E-state index is 0.0156. The third-order valence-electron chi connectivity index (χ3n) is 8.51. The third-order valence-corrected chi connectivity index (χ3v) is 8.51. The van der Waals surface area contributed by atoms with Crippen molar-refractivity contribution < 1.29 is 0 Å². The highest BCUT2D eigenvalue weighted by Gasteiger charge is 2.50. The van der Waals surface area contributed by atoms with E-state index in [9.17, 15) is 0 Å². The molecule has 0 aliphatic heterocycles. The zero-order chi connectivity index (χ0) is 24.9. The number of benzene rings is 5. The number of nitrogens with zero attached hydrogens (tertiary/aromatic N) is 2. The fraction of sp³-hybridized carbons (Fsp3) is 0.143. The van der Waals surface area contributed by atoms with Crippen LogP contribution in [0, 0.1) is 0 Å². The Morgan fingerprint density at radius 3 is 1.86 bits per heavy atom. The second kappa shape index (κ2) is 6.92. The van der Waals surface area contributed by atoms with Crippen LogP contribution in [0.4, 0.5) is 0 Å². The first-order valence-electron chi connectivity index (χ1n) is 13.0. The van der Waals surface area contributed by atoms with Gasteiger partial charge in [-0.15, -0.1) is 0 Å².